The quantitative estimate of drug-likeness (QED) is 0.839. The van der Waals surface area contributed by atoms with Gasteiger partial charge in [0.1, 0.15) is 5.75 Å². The van der Waals surface area contributed by atoms with Crippen LogP contribution in [0, 0.1) is 0 Å². The molecule has 0 radical (unpaired) electrons. The van der Waals surface area contributed by atoms with Gasteiger partial charge in [-0.05, 0) is 31.2 Å². The van der Waals surface area contributed by atoms with Crippen LogP contribution in [0.5, 0.6) is 5.75 Å². The second-order valence-corrected chi connectivity index (χ2v) is 4.48. The molecule has 7 nitrogen and oxygen atoms in total. The fraction of sp³-hybridized carbons (Fsp3) is 0.231. The number of nitrogens with zero attached hydrogens (tertiary/aromatic N) is 5. The number of fused-ring (bicyclic) bond motifs is 1. The Morgan fingerprint density at radius 2 is 1.90 bits per heavy atom. The third-order valence-electron chi connectivity index (χ3n) is 2.61. The zero-order valence-electron chi connectivity index (χ0n) is 10.9. The zero-order valence-corrected chi connectivity index (χ0v) is 10.9. The Morgan fingerprint density at radius 3 is 2.70 bits per heavy atom. The molecule has 0 fully saturated rings. The lowest BCUT2D eigenvalue weighted by atomic mass is 10.1. The van der Waals surface area contributed by atoms with Crippen molar-refractivity contribution in [2.24, 2.45) is 25.4 Å². The van der Waals surface area contributed by atoms with E-state index in [2.05, 4.69) is 25.4 Å². The summed E-state index contributed by atoms with van der Waals surface area (Å²) in [5.41, 5.74) is 0.721. The Hall–Kier alpha value is -2.70. The normalized spacial score (nSPS) is 16.8. The summed E-state index contributed by atoms with van der Waals surface area (Å²) in [6, 6.07) is 7.28. The first-order chi connectivity index (χ1) is 9.65. The molecule has 0 bridgehead atoms. The largest absolute Gasteiger partial charge is 0.490 e. The Labute approximate surface area is 114 Å². The van der Waals surface area contributed by atoms with Crippen LogP contribution in [0.4, 0.5) is 0 Å². The number of carbonyl (C=O) groups is 1. The summed E-state index contributed by atoms with van der Waals surface area (Å²) < 4.78 is 5.70. The molecule has 0 aromatic heterocycles. The molecule has 2 heterocycles. The van der Waals surface area contributed by atoms with Gasteiger partial charge in [-0.15, -0.1) is 10.2 Å². The standard InChI is InChI=1S/C13H11N5O2/c1-7(2)20-9-6-4-3-5-8(9)11-14-12-10(13(19)15-11)16-18-17-12/h3-7H,1-2H3. The molecule has 100 valence electrons. The van der Waals surface area contributed by atoms with Crippen LogP contribution in [0.25, 0.3) is 0 Å². The van der Waals surface area contributed by atoms with Gasteiger partial charge in [0.2, 0.25) is 11.5 Å². The van der Waals surface area contributed by atoms with Crippen LogP contribution in [-0.2, 0) is 4.79 Å². The lowest BCUT2D eigenvalue weighted by Gasteiger charge is -2.14. The minimum Gasteiger partial charge on any atom is -0.490 e. The van der Waals surface area contributed by atoms with Crippen molar-refractivity contribution >= 4 is 23.3 Å². The number of aliphatic imine (C=N–C) groups is 2. The third kappa shape index (κ3) is 2.13. The smallest absolute Gasteiger partial charge is 0.303 e. The van der Waals surface area contributed by atoms with Crippen LogP contribution < -0.4 is 4.74 Å². The lowest BCUT2D eigenvalue weighted by Crippen LogP contribution is -2.26. The Balaban J connectivity index is 2.04. The second-order valence-electron chi connectivity index (χ2n) is 4.48. The lowest BCUT2D eigenvalue weighted by molar-refractivity contribution is -0.111. The fourth-order valence-electron chi connectivity index (χ4n) is 1.82. The van der Waals surface area contributed by atoms with Crippen LogP contribution in [0.1, 0.15) is 19.4 Å². The predicted octanol–water partition coefficient (Wildman–Crippen LogP) is 1.98. The highest BCUT2D eigenvalue weighted by atomic mass is 16.5. The maximum atomic E-state index is 11.8. The van der Waals surface area contributed by atoms with Gasteiger partial charge in [0.15, 0.2) is 5.84 Å². The molecular weight excluding hydrogens is 258 g/mol. The van der Waals surface area contributed by atoms with E-state index in [1.807, 2.05) is 32.0 Å². The number of carbonyl (C=O) groups excluding carboxylic acids is 1. The Bertz CT molecular complexity index is 700. The molecule has 0 unspecified atom stereocenters. The molecule has 0 aliphatic carbocycles. The molecule has 0 spiro atoms. The van der Waals surface area contributed by atoms with E-state index in [9.17, 15) is 4.79 Å². The van der Waals surface area contributed by atoms with Gasteiger partial charge in [-0.25, -0.2) is 4.99 Å². The molecule has 20 heavy (non-hydrogen) atoms. The van der Waals surface area contributed by atoms with Crippen molar-refractivity contribution in [3.8, 4) is 5.75 Å². The van der Waals surface area contributed by atoms with Gasteiger partial charge in [0.05, 0.1) is 11.7 Å². The van der Waals surface area contributed by atoms with E-state index < -0.39 is 5.91 Å². The summed E-state index contributed by atoms with van der Waals surface area (Å²) in [5, 5.41) is 10.7. The number of ether oxygens (including phenoxy) is 1. The average molecular weight is 269 g/mol. The molecule has 0 atom stereocenters. The molecule has 1 amide bonds. The highest BCUT2D eigenvalue weighted by Gasteiger charge is 2.28. The van der Waals surface area contributed by atoms with Crippen molar-refractivity contribution in [3.05, 3.63) is 29.8 Å². The number of benzene rings is 1. The fourth-order valence-corrected chi connectivity index (χ4v) is 1.82. The highest BCUT2D eigenvalue weighted by Crippen LogP contribution is 2.23. The monoisotopic (exact) mass is 269 g/mol. The molecule has 0 N–H and O–H groups in total. The highest BCUT2D eigenvalue weighted by molar-refractivity contribution is 6.69. The van der Waals surface area contributed by atoms with Crippen molar-refractivity contribution in [2.75, 3.05) is 0 Å². The minimum atomic E-state index is -0.491. The molecular formula is C13H11N5O2. The Morgan fingerprint density at radius 1 is 1.10 bits per heavy atom. The number of rotatable bonds is 3. The van der Waals surface area contributed by atoms with Crippen LogP contribution in [0.15, 0.2) is 49.7 Å². The SMILES string of the molecule is CC(C)Oc1ccccc1C1=NC(=O)C2=NN=NC2=N1. The van der Waals surface area contributed by atoms with Gasteiger partial charge in [0, 0.05) is 0 Å². The van der Waals surface area contributed by atoms with Gasteiger partial charge in [-0.1, -0.05) is 12.1 Å². The molecule has 2 aliphatic rings. The van der Waals surface area contributed by atoms with Crippen molar-refractivity contribution in [2.45, 2.75) is 20.0 Å². The van der Waals surface area contributed by atoms with E-state index in [0.717, 1.165) is 0 Å². The minimum absolute atomic E-state index is 0.00647. The maximum absolute atomic E-state index is 11.8. The second kappa shape index (κ2) is 4.76. The van der Waals surface area contributed by atoms with E-state index in [4.69, 9.17) is 4.74 Å². The van der Waals surface area contributed by atoms with Crippen LogP contribution in [-0.4, -0.2) is 29.4 Å². The first-order valence-electron chi connectivity index (χ1n) is 6.12. The zero-order chi connectivity index (χ0) is 14.1. The summed E-state index contributed by atoms with van der Waals surface area (Å²) in [7, 11) is 0. The van der Waals surface area contributed by atoms with Crippen molar-refractivity contribution in [1.29, 1.82) is 0 Å². The van der Waals surface area contributed by atoms with Gasteiger partial charge in [0.25, 0.3) is 0 Å². The van der Waals surface area contributed by atoms with Gasteiger partial charge in [-0.3, -0.25) is 4.79 Å². The number of para-hydroxylation sites is 1. The summed E-state index contributed by atoms with van der Waals surface area (Å²) >= 11 is 0. The van der Waals surface area contributed by atoms with Gasteiger partial charge < -0.3 is 4.74 Å². The molecule has 3 rings (SSSR count). The number of hydrogen-bond donors (Lipinski definition) is 0. The number of hydrogen-bond acceptors (Lipinski definition) is 6. The molecule has 0 saturated heterocycles. The van der Waals surface area contributed by atoms with Crippen LogP contribution in [0.3, 0.4) is 0 Å². The first-order valence-corrected chi connectivity index (χ1v) is 6.12. The van der Waals surface area contributed by atoms with E-state index in [0.29, 0.717) is 11.3 Å². The number of amidine groups is 2. The topological polar surface area (TPSA) is 88.1 Å². The average Bonchev–Trinajstić information content (AvgIpc) is 2.87. The van der Waals surface area contributed by atoms with E-state index in [1.165, 1.54) is 0 Å². The van der Waals surface area contributed by atoms with E-state index in [1.54, 1.807) is 6.07 Å². The molecule has 7 heteroatoms. The van der Waals surface area contributed by atoms with Crippen molar-refractivity contribution in [1.82, 2.24) is 0 Å². The Kier molecular flexibility index (Phi) is 2.94. The van der Waals surface area contributed by atoms with Crippen molar-refractivity contribution in [3.63, 3.8) is 0 Å². The van der Waals surface area contributed by atoms with E-state index in [-0.39, 0.29) is 23.5 Å². The first kappa shape index (κ1) is 12.3. The molecule has 1 aromatic carbocycles. The number of amides is 1. The molecule has 2 aliphatic heterocycles. The van der Waals surface area contributed by atoms with Crippen LogP contribution >= 0.6 is 0 Å². The maximum Gasteiger partial charge on any atom is 0.303 e. The summed E-state index contributed by atoms with van der Waals surface area (Å²) in [5.74, 6) is 0.587. The predicted molar refractivity (Wildman–Crippen MR) is 73.5 cm³/mol. The van der Waals surface area contributed by atoms with Crippen LogP contribution in [0.2, 0.25) is 0 Å². The van der Waals surface area contributed by atoms with E-state index >= 15 is 0 Å². The van der Waals surface area contributed by atoms with Gasteiger partial charge in [-0.2, -0.15) is 4.99 Å². The summed E-state index contributed by atoms with van der Waals surface area (Å²) in [6.45, 7) is 3.85. The van der Waals surface area contributed by atoms with Crippen molar-refractivity contribution < 1.29 is 9.53 Å². The summed E-state index contributed by atoms with van der Waals surface area (Å²) in [6.07, 6.45) is 0.00647. The molecule has 0 saturated carbocycles. The third-order valence-corrected chi connectivity index (χ3v) is 2.61. The molecule has 1 aromatic rings. The van der Waals surface area contributed by atoms with Gasteiger partial charge >= 0.3 is 5.91 Å². The summed E-state index contributed by atoms with van der Waals surface area (Å²) in [4.78, 5) is 20.0.